The zero-order chi connectivity index (χ0) is 17.9. The van der Waals surface area contributed by atoms with Crippen molar-refractivity contribution in [3.63, 3.8) is 0 Å². The Kier molecular flexibility index (Phi) is 4.49. The van der Waals surface area contributed by atoms with Crippen LogP contribution in [-0.4, -0.2) is 44.5 Å². The van der Waals surface area contributed by atoms with E-state index in [1.165, 1.54) is 17.1 Å². The number of benzene rings is 1. The van der Waals surface area contributed by atoms with E-state index >= 15 is 0 Å². The first-order chi connectivity index (χ1) is 12.7. The molecule has 0 spiro atoms. The highest BCUT2D eigenvalue weighted by Gasteiger charge is 2.17. The van der Waals surface area contributed by atoms with Crippen molar-refractivity contribution < 1.29 is 9.53 Å². The molecule has 4 rings (SSSR count). The van der Waals surface area contributed by atoms with Gasteiger partial charge in [-0.25, -0.2) is 9.67 Å². The molecule has 0 bridgehead atoms. The molecule has 0 radical (unpaired) electrons. The molecule has 0 saturated carbocycles. The van der Waals surface area contributed by atoms with Crippen LogP contribution in [0.25, 0.3) is 16.7 Å². The molecule has 1 N–H and O–H groups in total. The summed E-state index contributed by atoms with van der Waals surface area (Å²) in [6, 6.07) is 9.46. The summed E-state index contributed by atoms with van der Waals surface area (Å²) >= 11 is 0. The van der Waals surface area contributed by atoms with Crippen LogP contribution in [0.1, 0.15) is 12.8 Å². The van der Waals surface area contributed by atoms with E-state index in [0.717, 1.165) is 25.1 Å². The number of amides is 1. The third kappa shape index (κ3) is 3.23. The van der Waals surface area contributed by atoms with Crippen LogP contribution in [0, 0.1) is 0 Å². The van der Waals surface area contributed by atoms with Gasteiger partial charge in [-0.3, -0.25) is 14.2 Å². The van der Waals surface area contributed by atoms with Crippen LogP contribution in [0.3, 0.4) is 0 Å². The third-order valence-corrected chi connectivity index (χ3v) is 4.42. The molecule has 8 heteroatoms. The minimum absolute atomic E-state index is 0.0698. The Labute approximate surface area is 149 Å². The van der Waals surface area contributed by atoms with Crippen LogP contribution < -0.4 is 10.9 Å². The molecule has 3 heterocycles. The molecule has 0 aliphatic carbocycles. The molecule has 8 nitrogen and oxygen atoms in total. The second kappa shape index (κ2) is 7.09. The highest BCUT2D eigenvalue weighted by molar-refractivity contribution is 5.77. The number of carbonyl (C=O) groups is 1. The van der Waals surface area contributed by atoms with Gasteiger partial charge in [-0.05, 0) is 25.0 Å². The zero-order valence-corrected chi connectivity index (χ0v) is 14.2. The Balaban J connectivity index is 1.53. The van der Waals surface area contributed by atoms with Crippen molar-refractivity contribution in [3.8, 4) is 5.69 Å². The van der Waals surface area contributed by atoms with Crippen molar-refractivity contribution in [2.75, 3.05) is 13.2 Å². The second-order valence-corrected chi connectivity index (χ2v) is 6.25. The van der Waals surface area contributed by atoms with Crippen molar-refractivity contribution in [1.29, 1.82) is 0 Å². The van der Waals surface area contributed by atoms with Gasteiger partial charge in [-0.1, -0.05) is 18.2 Å². The van der Waals surface area contributed by atoms with E-state index in [1.807, 2.05) is 30.3 Å². The topological polar surface area (TPSA) is 91.0 Å². The summed E-state index contributed by atoms with van der Waals surface area (Å²) in [6.45, 7) is 1.13. The Morgan fingerprint density at radius 3 is 2.92 bits per heavy atom. The van der Waals surface area contributed by atoms with Crippen LogP contribution in [0.5, 0.6) is 0 Å². The Morgan fingerprint density at radius 2 is 2.15 bits per heavy atom. The first-order valence-corrected chi connectivity index (χ1v) is 8.59. The van der Waals surface area contributed by atoms with Crippen molar-refractivity contribution in [2.24, 2.45) is 0 Å². The fraction of sp³-hybridized carbons (Fsp3) is 0.333. The van der Waals surface area contributed by atoms with Crippen LogP contribution >= 0.6 is 0 Å². The average Bonchev–Trinajstić information content (AvgIpc) is 3.33. The molecule has 1 aliphatic heterocycles. The molecular weight excluding hydrogens is 334 g/mol. The van der Waals surface area contributed by atoms with Gasteiger partial charge in [-0.15, -0.1) is 0 Å². The predicted molar refractivity (Wildman–Crippen MR) is 95.1 cm³/mol. The number of rotatable bonds is 5. The molecule has 1 fully saturated rings. The second-order valence-electron chi connectivity index (χ2n) is 6.25. The molecule has 0 unspecified atom stereocenters. The number of nitrogens with zero attached hydrogens (tertiary/aromatic N) is 4. The van der Waals surface area contributed by atoms with Crippen LogP contribution in [-0.2, 0) is 16.1 Å². The summed E-state index contributed by atoms with van der Waals surface area (Å²) in [5, 5.41) is 7.44. The largest absolute Gasteiger partial charge is 0.376 e. The molecule has 3 aromatic rings. The maximum atomic E-state index is 12.6. The summed E-state index contributed by atoms with van der Waals surface area (Å²) in [7, 11) is 0. The van der Waals surface area contributed by atoms with Gasteiger partial charge in [0.05, 0.1) is 18.0 Å². The van der Waals surface area contributed by atoms with E-state index in [-0.39, 0.29) is 24.1 Å². The summed E-state index contributed by atoms with van der Waals surface area (Å²) in [6.07, 6.45) is 4.91. The molecule has 26 heavy (non-hydrogen) atoms. The molecule has 1 aliphatic rings. The number of aromatic nitrogens is 4. The number of ether oxygens (including phenoxy) is 1. The lowest BCUT2D eigenvalue weighted by Crippen LogP contribution is -2.36. The summed E-state index contributed by atoms with van der Waals surface area (Å²) in [5.41, 5.74) is 1.00. The molecular formula is C18H19N5O3. The van der Waals surface area contributed by atoms with Crippen LogP contribution in [0.15, 0.2) is 47.7 Å². The molecule has 1 aromatic carbocycles. The van der Waals surface area contributed by atoms with Gasteiger partial charge in [-0.2, -0.15) is 5.10 Å². The van der Waals surface area contributed by atoms with Crippen molar-refractivity contribution >= 4 is 16.9 Å². The first-order valence-electron chi connectivity index (χ1n) is 8.59. The highest BCUT2D eigenvalue weighted by atomic mass is 16.5. The van der Waals surface area contributed by atoms with Gasteiger partial charge in [0.15, 0.2) is 5.65 Å². The number of hydrogen-bond acceptors (Lipinski definition) is 5. The highest BCUT2D eigenvalue weighted by Crippen LogP contribution is 2.13. The lowest BCUT2D eigenvalue weighted by Gasteiger charge is -2.11. The number of nitrogens with one attached hydrogen (secondary N) is 1. The molecule has 2 aromatic heterocycles. The standard InChI is InChI=1S/C18H19N5O3/c24-16(19-9-14-7-4-8-26-14)11-22-12-20-17-15(18(22)25)10-21-23(17)13-5-2-1-3-6-13/h1-3,5-6,10,12,14H,4,7-9,11H2,(H,19,24)/t14-/m0/s1. The number of para-hydroxylation sites is 1. The monoisotopic (exact) mass is 353 g/mol. The van der Waals surface area contributed by atoms with Crippen LogP contribution in [0.2, 0.25) is 0 Å². The van der Waals surface area contributed by atoms with Gasteiger partial charge < -0.3 is 10.1 Å². The van der Waals surface area contributed by atoms with Crippen LogP contribution in [0.4, 0.5) is 0 Å². The molecule has 1 saturated heterocycles. The van der Waals surface area contributed by atoms with E-state index in [0.29, 0.717) is 17.6 Å². The Bertz CT molecular complexity index is 973. The number of fused-ring (bicyclic) bond motifs is 1. The predicted octanol–water partition coefficient (Wildman–Crippen LogP) is 0.877. The lowest BCUT2D eigenvalue weighted by atomic mass is 10.2. The summed E-state index contributed by atoms with van der Waals surface area (Å²) in [4.78, 5) is 29.1. The fourth-order valence-electron chi connectivity index (χ4n) is 3.06. The van der Waals surface area contributed by atoms with Gasteiger partial charge in [0, 0.05) is 13.2 Å². The van der Waals surface area contributed by atoms with Gasteiger partial charge in [0.25, 0.3) is 5.56 Å². The van der Waals surface area contributed by atoms with Gasteiger partial charge in [0.2, 0.25) is 5.91 Å². The Hall–Kier alpha value is -3.00. The van der Waals surface area contributed by atoms with E-state index in [9.17, 15) is 9.59 Å². The van der Waals surface area contributed by atoms with Crippen molar-refractivity contribution in [1.82, 2.24) is 24.6 Å². The molecule has 1 atom stereocenters. The third-order valence-electron chi connectivity index (χ3n) is 4.42. The quantitative estimate of drug-likeness (QED) is 0.735. The maximum Gasteiger partial charge on any atom is 0.264 e. The first kappa shape index (κ1) is 16.5. The fourth-order valence-corrected chi connectivity index (χ4v) is 3.06. The maximum absolute atomic E-state index is 12.6. The smallest absolute Gasteiger partial charge is 0.264 e. The van der Waals surface area contributed by atoms with Gasteiger partial charge in [0.1, 0.15) is 18.3 Å². The molecule has 134 valence electrons. The minimum Gasteiger partial charge on any atom is -0.376 e. The number of carbonyl (C=O) groups excluding carboxylic acids is 1. The van der Waals surface area contributed by atoms with Crippen molar-refractivity contribution in [2.45, 2.75) is 25.5 Å². The number of hydrogen-bond donors (Lipinski definition) is 1. The summed E-state index contributed by atoms with van der Waals surface area (Å²) < 4.78 is 8.38. The molecule has 1 amide bonds. The zero-order valence-electron chi connectivity index (χ0n) is 14.2. The van der Waals surface area contributed by atoms with E-state index < -0.39 is 0 Å². The van der Waals surface area contributed by atoms with Gasteiger partial charge >= 0.3 is 0 Å². The summed E-state index contributed by atoms with van der Waals surface area (Å²) in [5.74, 6) is -0.237. The van der Waals surface area contributed by atoms with Crippen molar-refractivity contribution in [3.05, 3.63) is 53.2 Å². The normalized spacial score (nSPS) is 16.8. The lowest BCUT2D eigenvalue weighted by molar-refractivity contribution is -0.122. The minimum atomic E-state index is -0.288. The van der Waals surface area contributed by atoms with E-state index in [4.69, 9.17) is 4.74 Å². The SMILES string of the molecule is O=C(Cn1cnc2c(cnn2-c2ccccc2)c1=O)NC[C@@H]1CCCO1. The van der Waals surface area contributed by atoms with E-state index in [1.54, 1.807) is 4.68 Å². The van der Waals surface area contributed by atoms with E-state index in [2.05, 4.69) is 15.4 Å². The Morgan fingerprint density at radius 1 is 1.31 bits per heavy atom. The average molecular weight is 353 g/mol.